The molecule has 82 heavy (non-hydrogen) atoms. The Labute approximate surface area is 482 Å². The molecule has 0 amide bonds. The first-order valence-corrected chi connectivity index (χ1v) is 29.2. The van der Waals surface area contributed by atoms with Gasteiger partial charge < -0.3 is 19.3 Å². The van der Waals surface area contributed by atoms with Crippen molar-refractivity contribution < 1.29 is 0 Å². The van der Waals surface area contributed by atoms with Gasteiger partial charge in [-0.15, -0.1) is 0 Å². The highest BCUT2D eigenvalue weighted by molar-refractivity contribution is 6.16. The lowest BCUT2D eigenvalue weighted by Crippen LogP contribution is -2.34. The van der Waals surface area contributed by atoms with E-state index in [4.69, 9.17) is 0 Å². The maximum absolute atomic E-state index is 2.69. The van der Waals surface area contributed by atoms with Gasteiger partial charge in [-0.2, -0.15) is 0 Å². The van der Waals surface area contributed by atoms with E-state index in [0.717, 1.165) is 54.1 Å². The number of hydrogen-bond acceptors (Lipinski definition) is 3. The van der Waals surface area contributed by atoms with Crippen LogP contribution in [0.25, 0.3) is 55.3 Å². The summed E-state index contributed by atoms with van der Waals surface area (Å²) in [7, 11) is 0. The number of nitrogens with zero attached hydrogens (tertiary/aromatic N) is 4. The molecule has 0 bridgehead atoms. The minimum Gasteiger partial charge on any atom is -0.314 e. The van der Waals surface area contributed by atoms with Gasteiger partial charge in [0.15, 0.2) is 0 Å². The van der Waals surface area contributed by atoms with Gasteiger partial charge in [-0.25, -0.2) is 0 Å². The summed E-state index contributed by atoms with van der Waals surface area (Å²) in [6.45, 7) is 9.91. The van der Waals surface area contributed by atoms with Crippen LogP contribution in [-0.2, 0) is 10.8 Å². The molecule has 0 radical (unpaired) electrons. The van der Waals surface area contributed by atoms with Crippen molar-refractivity contribution in [1.29, 1.82) is 0 Å². The summed E-state index contributed by atoms with van der Waals surface area (Å²) in [5.74, 6) is 0. The Morgan fingerprint density at radius 2 is 0.756 bits per heavy atom. The zero-order valence-corrected chi connectivity index (χ0v) is 47.0. The van der Waals surface area contributed by atoms with Gasteiger partial charge in [0.1, 0.15) is 0 Å². The van der Waals surface area contributed by atoms with Crippen LogP contribution in [0.2, 0.25) is 0 Å². The molecule has 0 unspecified atom stereocenters. The van der Waals surface area contributed by atoms with Gasteiger partial charge in [0.25, 0.3) is 0 Å². The van der Waals surface area contributed by atoms with Crippen molar-refractivity contribution in [2.75, 3.05) is 14.7 Å². The minimum absolute atomic E-state index is 0.328. The summed E-state index contributed by atoms with van der Waals surface area (Å²) in [6, 6.07) is 87.5. The number of hydrogen-bond donors (Lipinski definition) is 0. The number of rotatable bonds is 12. The van der Waals surface area contributed by atoms with E-state index in [1.807, 2.05) is 0 Å². The summed E-state index contributed by atoms with van der Waals surface area (Å²) < 4.78 is 2.69. The van der Waals surface area contributed by atoms with Crippen LogP contribution in [0.3, 0.4) is 0 Å². The molecule has 2 aliphatic heterocycles. The highest BCUT2D eigenvalue weighted by Crippen LogP contribution is 2.58. The van der Waals surface area contributed by atoms with E-state index in [1.165, 1.54) is 106 Å². The Bertz CT molecular complexity index is 4310. The maximum Gasteiger partial charge on any atom is 0.0582 e. The van der Waals surface area contributed by atoms with Crippen molar-refractivity contribution in [2.45, 2.75) is 64.2 Å². The molecule has 0 saturated carbocycles. The van der Waals surface area contributed by atoms with Crippen molar-refractivity contribution in [1.82, 2.24) is 4.57 Å². The Balaban J connectivity index is 0.908. The van der Waals surface area contributed by atoms with Gasteiger partial charge in [0, 0.05) is 72.8 Å². The highest BCUT2D eigenvalue weighted by Gasteiger charge is 2.44. The predicted molar refractivity (Wildman–Crippen MR) is 346 cm³/mol. The number of fused-ring (bicyclic) bond motifs is 1. The molecule has 0 saturated heterocycles. The van der Waals surface area contributed by atoms with Gasteiger partial charge in [0.2, 0.25) is 0 Å². The third kappa shape index (κ3) is 8.10. The second-order valence-electron chi connectivity index (χ2n) is 23.6. The van der Waals surface area contributed by atoms with Crippen LogP contribution in [0.5, 0.6) is 0 Å². The molecule has 1 aromatic heterocycles. The quantitative estimate of drug-likeness (QED) is 0.121. The number of aromatic nitrogens is 1. The van der Waals surface area contributed by atoms with Gasteiger partial charge in [-0.05, 0) is 215 Å². The second-order valence-corrected chi connectivity index (χ2v) is 23.6. The topological polar surface area (TPSA) is 14.7 Å². The first-order chi connectivity index (χ1) is 40.2. The van der Waals surface area contributed by atoms with Crippen LogP contribution in [0, 0.1) is 0 Å². The maximum atomic E-state index is 2.69. The normalized spacial score (nSPS) is 15.2. The molecule has 4 nitrogen and oxygen atoms in total. The molecule has 3 heterocycles. The van der Waals surface area contributed by atoms with Crippen LogP contribution < -0.4 is 14.7 Å². The van der Waals surface area contributed by atoms with E-state index < -0.39 is 0 Å². The zero-order valence-electron chi connectivity index (χ0n) is 47.0. The molecule has 11 aromatic rings. The minimum atomic E-state index is -0.330. The molecule has 15 rings (SSSR count). The number of benzene rings is 10. The molecule has 2 aliphatic carbocycles. The molecule has 0 atom stereocenters. The Morgan fingerprint density at radius 3 is 1.17 bits per heavy atom. The Hall–Kier alpha value is -9.64. The number of allylic oxidation sites excluding steroid dienone is 7. The first-order valence-electron chi connectivity index (χ1n) is 29.2. The highest BCUT2D eigenvalue weighted by atomic mass is 15.2. The summed E-state index contributed by atoms with van der Waals surface area (Å²) >= 11 is 0. The van der Waals surface area contributed by atoms with Crippen LogP contribution in [0.4, 0.5) is 39.8 Å². The van der Waals surface area contributed by atoms with E-state index >= 15 is 0 Å². The third-order valence-electron chi connectivity index (χ3n) is 18.0. The fraction of sp³-hybridized carbons (Fsp3) is 0.128. The summed E-state index contributed by atoms with van der Waals surface area (Å²) in [6.07, 6.45) is 15.7. The second kappa shape index (κ2) is 19.6. The molecular formula is C78H64N4. The van der Waals surface area contributed by atoms with Gasteiger partial charge >= 0.3 is 0 Å². The number of anilines is 7. The standard InChI is InChI=1S/C78H64N4/c1-77(2)70-49-56(53-35-41-65(42-36-53)79(59-23-11-5-12-24-59)60-25-13-6-14-26-60)47-68-69-48-57(54-37-43-66(44-38-54)80(61-27-15-7-16-28-61)62-29-17-8-18-30-62)50-71-75(69)82(74(68)70)76-72(77)51-58(52-73(76)78(71,3)4)55-39-45-67(46-40-55)81(63-31-19-9-20-32-63)64-33-21-10-22-34-64/h5-7,9-17,19-39,41-45,47-52H,8,18,40,46H2,1-4H3. The van der Waals surface area contributed by atoms with Crippen LogP contribution in [0.1, 0.15) is 81.2 Å². The molecule has 0 N–H and O–H groups in total. The van der Waals surface area contributed by atoms with E-state index in [-0.39, 0.29) is 10.8 Å². The van der Waals surface area contributed by atoms with Crippen LogP contribution in [0.15, 0.2) is 278 Å². The first kappa shape index (κ1) is 49.4. The third-order valence-corrected chi connectivity index (χ3v) is 18.0. The molecule has 0 fully saturated rings. The van der Waals surface area contributed by atoms with E-state index in [0.29, 0.717) is 0 Å². The SMILES string of the molecule is CC1(C)c2cc(C3=CC=C(N(c4ccccc4)c4ccccc4)CC3)cc3c2-n2c4c1cc(-c1ccc(N(C5=CCCC=C5)c5ccccc5)cc1)cc4c1cc(-c4ccc(N(c5ccccc5)c5ccccc5)cc4)cc(c12)C3(C)C. The van der Waals surface area contributed by atoms with E-state index in [2.05, 4.69) is 314 Å². The summed E-state index contributed by atoms with van der Waals surface area (Å²) in [4.78, 5) is 7.16. The van der Waals surface area contributed by atoms with E-state index in [1.54, 1.807) is 0 Å². The largest absolute Gasteiger partial charge is 0.314 e. The predicted octanol–water partition coefficient (Wildman–Crippen LogP) is 21.1. The van der Waals surface area contributed by atoms with Crippen molar-refractivity contribution in [2.24, 2.45) is 0 Å². The van der Waals surface area contributed by atoms with Gasteiger partial charge in [0.05, 0.1) is 16.7 Å². The molecular weight excluding hydrogens is 993 g/mol. The molecule has 0 spiro atoms. The lowest BCUT2D eigenvalue weighted by atomic mass is 9.67. The zero-order chi connectivity index (χ0) is 55.1. The Kier molecular flexibility index (Phi) is 11.8. The Morgan fingerprint density at radius 1 is 0.354 bits per heavy atom. The van der Waals surface area contributed by atoms with Crippen molar-refractivity contribution in [3.63, 3.8) is 0 Å². The van der Waals surface area contributed by atoms with Crippen molar-refractivity contribution in [3.8, 4) is 27.9 Å². The van der Waals surface area contributed by atoms with Crippen LogP contribution in [-0.4, -0.2) is 4.57 Å². The van der Waals surface area contributed by atoms with Gasteiger partial charge in [-0.1, -0.05) is 161 Å². The smallest absolute Gasteiger partial charge is 0.0582 e. The van der Waals surface area contributed by atoms with Gasteiger partial charge in [-0.3, -0.25) is 0 Å². The van der Waals surface area contributed by atoms with Crippen molar-refractivity contribution >= 4 is 67.2 Å². The summed E-state index contributed by atoms with van der Waals surface area (Å²) in [5.41, 5.74) is 26.9. The molecule has 4 heteroatoms. The molecule has 4 aliphatic rings. The summed E-state index contributed by atoms with van der Waals surface area (Å²) in [5, 5.41) is 2.60. The lowest BCUT2D eigenvalue weighted by Gasteiger charge is -2.43. The monoisotopic (exact) mass is 1060 g/mol. The van der Waals surface area contributed by atoms with Crippen LogP contribution >= 0.6 is 0 Å². The molecule has 396 valence electrons. The average molecular weight is 1060 g/mol. The van der Waals surface area contributed by atoms with E-state index in [9.17, 15) is 0 Å². The number of para-hydroxylation sites is 5. The molecule has 10 aromatic carbocycles. The average Bonchev–Trinajstić information content (AvgIpc) is 4.09. The fourth-order valence-electron chi connectivity index (χ4n) is 13.8. The lowest BCUT2D eigenvalue weighted by molar-refractivity contribution is 0.593. The van der Waals surface area contributed by atoms with Crippen molar-refractivity contribution in [3.05, 3.63) is 306 Å². The fourth-order valence-corrected chi connectivity index (χ4v) is 13.8.